The van der Waals surface area contributed by atoms with Gasteiger partial charge >= 0.3 is 11.8 Å². The van der Waals surface area contributed by atoms with Crippen molar-refractivity contribution in [3.63, 3.8) is 0 Å². The van der Waals surface area contributed by atoms with Crippen LogP contribution < -0.4 is 27.9 Å². The molecular weight excluding hydrogens is 300 g/mol. The molecule has 0 atom stereocenters. The Balaban J connectivity index is 0.00000361. The summed E-state index contributed by atoms with van der Waals surface area (Å²) in [6.45, 7) is 7.96. The Morgan fingerprint density at radius 3 is 2.55 bits per heavy atom. The highest BCUT2D eigenvalue weighted by molar-refractivity contribution is 7.13. The van der Waals surface area contributed by atoms with Crippen molar-refractivity contribution in [2.45, 2.75) is 20.3 Å². The number of aromatic nitrogens is 1. The summed E-state index contributed by atoms with van der Waals surface area (Å²) in [6.07, 6.45) is 2.44. The highest BCUT2D eigenvalue weighted by atomic mass is 35.5. The van der Waals surface area contributed by atoms with Crippen LogP contribution in [0.4, 0.5) is 5.13 Å². The van der Waals surface area contributed by atoms with E-state index in [1.807, 2.05) is 0 Å². The van der Waals surface area contributed by atoms with Gasteiger partial charge in [0.25, 0.3) is 0 Å². The van der Waals surface area contributed by atoms with Crippen molar-refractivity contribution in [2.75, 3.05) is 31.5 Å². The first-order chi connectivity index (χ1) is 9.17. The van der Waals surface area contributed by atoms with Gasteiger partial charge in [0.2, 0.25) is 0 Å². The van der Waals surface area contributed by atoms with Crippen molar-refractivity contribution in [3.05, 3.63) is 11.6 Å². The predicted octanol–water partition coefficient (Wildman–Crippen LogP) is -3.48. The summed E-state index contributed by atoms with van der Waals surface area (Å²) in [6, 6.07) is 0. The number of hydrogen-bond donors (Lipinski definition) is 3. The van der Waals surface area contributed by atoms with Gasteiger partial charge in [-0.25, -0.2) is 4.98 Å². The number of hydrogen-bond acceptors (Lipinski definition) is 4. The molecule has 3 N–H and O–H groups in total. The molecule has 0 saturated heterocycles. The Morgan fingerprint density at radius 2 is 2.00 bits per heavy atom. The van der Waals surface area contributed by atoms with E-state index in [1.165, 1.54) is 16.2 Å². The van der Waals surface area contributed by atoms with Crippen molar-refractivity contribution >= 4 is 28.3 Å². The van der Waals surface area contributed by atoms with Gasteiger partial charge in [-0.05, 0) is 13.8 Å². The van der Waals surface area contributed by atoms with Crippen LogP contribution in [0.1, 0.15) is 20.3 Å². The minimum Gasteiger partial charge on any atom is -1.00 e. The molecule has 114 valence electrons. The molecule has 0 aliphatic carbocycles. The maximum absolute atomic E-state index is 11.5. The van der Waals surface area contributed by atoms with Gasteiger partial charge < -0.3 is 22.6 Å². The fourth-order valence-electron chi connectivity index (χ4n) is 1.66. The molecule has 8 heteroatoms. The van der Waals surface area contributed by atoms with Gasteiger partial charge in [-0.1, -0.05) is 0 Å². The number of carbonyl (C=O) groups excluding carboxylic acids is 2. The first-order valence-corrected chi connectivity index (χ1v) is 7.37. The van der Waals surface area contributed by atoms with Gasteiger partial charge in [-0.3, -0.25) is 14.9 Å². The number of carbonyl (C=O) groups is 2. The maximum atomic E-state index is 11.5. The lowest BCUT2D eigenvalue weighted by atomic mass is 10.3. The second-order valence-electron chi connectivity index (χ2n) is 4.11. The number of nitrogens with one attached hydrogen (secondary N) is 3. The molecule has 2 amide bonds. The summed E-state index contributed by atoms with van der Waals surface area (Å²) in [5.41, 5.74) is 0. The molecule has 0 spiro atoms. The lowest BCUT2D eigenvalue weighted by molar-refractivity contribution is -0.896. The summed E-state index contributed by atoms with van der Waals surface area (Å²) in [5.74, 6) is -1.27. The third kappa shape index (κ3) is 6.83. The largest absolute Gasteiger partial charge is 1.00 e. The molecular formula is C12H21ClN4O2S. The summed E-state index contributed by atoms with van der Waals surface area (Å²) >= 11 is 1.28. The molecule has 1 heterocycles. The molecule has 0 unspecified atom stereocenters. The summed E-state index contributed by atoms with van der Waals surface area (Å²) in [5, 5.41) is 7.23. The number of thiazole rings is 1. The van der Waals surface area contributed by atoms with Crippen LogP contribution in [-0.4, -0.2) is 43.0 Å². The lowest BCUT2D eigenvalue weighted by Crippen LogP contribution is -3.11. The first-order valence-electron chi connectivity index (χ1n) is 6.49. The maximum Gasteiger partial charge on any atom is 0.315 e. The molecule has 0 radical (unpaired) electrons. The highest BCUT2D eigenvalue weighted by Gasteiger charge is 2.14. The summed E-state index contributed by atoms with van der Waals surface area (Å²) in [4.78, 5) is 28.4. The van der Waals surface area contributed by atoms with Crippen molar-refractivity contribution in [1.29, 1.82) is 0 Å². The van der Waals surface area contributed by atoms with E-state index < -0.39 is 11.8 Å². The minimum absolute atomic E-state index is 0. The normalized spacial score (nSPS) is 9.95. The second kappa shape index (κ2) is 10.6. The van der Waals surface area contributed by atoms with E-state index in [9.17, 15) is 9.59 Å². The first kappa shape index (κ1) is 18.8. The Kier molecular flexibility index (Phi) is 9.96. The number of halogens is 1. The third-order valence-electron chi connectivity index (χ3n) is 2.85. The molecule has 6 nitrogen and oxygen atoms in total. The third-order valence-corrected chi connectivity index (χ3v) is 3.54. The van der Waals surface area contributed by atoms with Crippen LogP contribution in [0, 0.1) is 0 Å². The highest BCUT2D eigenvalue weighted by Crippen LogP contribution is 2.09. The van der Waals surface area contributed by atoms with Gasteiger partial charge in [-0.15, -0.1) is 11.3 Å². The second-order valence-corrected chi connectivity index (χ2v) is 5.00. The average molecular weight is 321 g/mol. The van der Waals surface area contributed by atoms with Crippen LogP contribution in [-0.2, 0) is 9.59 Å². The molecule has 0 fully saturated rings. The van der Waals surface area contributed by atoms with E-state index >= 15 is 0 Å². The van der Waals surface area contributed by atoms with Crippen molar-refractivity contribution in [1.82, 2.24) is 10.3 Å². The molecule has 1 aromatic rings. The zero-order valence-electron chi connectivity index (χ0n) is 11.7. The average Bonchev–Trinajstić information content (AvgIpc) is 2.91. The Morgan fingerprint density at radius 1 is 1.30 bits per heavy atom. The number of anilines is 1. The quantitative estimate of drug-likeness (QED) is 0.361. The monoisotopic (exact) mass is 320 g/mol. The minimum atomic E-state index is -0.662. The number of amides is 2. The molecule has 0 saturated carbocycles. The zero-order valence-corrected chi connectivity index (χ0v) is 13.3. The number of quaternary nitrogens is 1. The molecule has 0 aromatic carbocycles. The van der Waals surface area contributed by atoms with Gasteiger partial charge in [0.15, 0.2) is 5.13 Å². The van der Waals surface area contributed by atoms with Crippen LogP contribution >= 0.6 is 11.3 Å². The SMILES string of the molecule is CC[NH+](CC)CCCNC(=O)C(=O)Nc1nccs1.[Cl-]. The standard InChI is InChI=1S/C12H20N4O2S.ClH/c1-3-16(4-2)8-5-6-13-10(17)11(18)15-12-14-7-9-19-12;/h7,9H,3-6,8H2,1-2H3,(H,13,17)(H,14,15,18);1H. The fourth-order valence-corrected chi connectivity index (χ4v) is 2.19. The van der Waals surface area contributed by atoms with E-state index in [0.29, 0.717) is 11.7 Å². The van der Waals surface area contributed by atoms with Crippen LogP contribution in [0.25, 0.3) is 0 Å². The molecule has 1 aromatic heterocycles. The van der Waals surface area contributed by atoms with E-state index in [-0.39, 0.29) is 12.4 Å². The molecule has 0 bridgehead atoms. The number of nitrogens with zero attached hydrogens (tertiary/aromatic N) is 1. The molecule has 1 rings (SSSR count). The van der Waals surface area contributed by atoms with Gasteiger partial charge in [0, 0.05) is 24.5 Å². The fraction of sp³-hybridized carbons (Fsp3) is 0.583. The van der Waals surface area contributed by atoms with Gasteiger partial charge in [-0.2, -0.15) is 0 Å². The van der Waals surface area contributed by atoms with Crippen LogP contribution in [0.3, 0.4) is 0 Å². The zero-order chi connectivity index (χ0) is 14.1. The van der Waals surface area contributed by atoms with Crippen LogP contribution in [0.5, 0.6) is 0 Å². The Labute approximate surface area is 129 Å². The predicted molar refractivity (Wildman–Crippen MR) is 75.3 cm³/mol. The van der Waals surface area contributed by atoms with Gasteiger partial charge in [0.1, 0.15) is 0 Å². The van der Waals surface area contributed by atoms with E-state index in [2.05, 4.69) is 29.5 Å². The molecule has 0 aliphatic heterocycles. The van der Waals surface area contributed by atoms with E-state index in [0.717, 1.165) is 26.1 Å². The Hall–Kier alpha value is -1.18. The lowest BCUT2D eigenvalue weighted by Gasteiger charge is -2.14. The van der Waals surface area contributed by atoms with Crippen molar-refractivity contribution < 1.29 is 26.9 Å². The molecule has 0 aliphatic rings. The van der Waals surface area contributed by atoms with Crippen molar-refractivity contribution in [2.24, 2.45) is 0 Å². The molecule has 20 heavy (non-hydrogen) atoms. The van der Waals surface area contributed by atoms with Crippen LogP contribution in [0.2, 0.25) is 0 Å². The smallest absolute Gasteiger partial charge is 0.315 e. The van der Waals surface area contributed by atoms with Crippen molar-refractivity contribution in [3.8, 4) is 0 Å². The topological polar surface area (TPSA) is 75.5 Å². The van der Waals surface area contributed by atoms with Gasteiger partial charge in [0.05, 0.1) is 19.6 Å². The summed E-state index contributed by atoms with van der Waals surface area (Å²) < 4.78 is 0. The van der Waals surface area contributed by atoms with Crippen LogP contribution in [0.15, 0.2) is 11.6 Å². The van der Waals surface area contributed by atoms with E-state index in [1.54, 1.807) is 11.6 Å². The number of rotatable bonds is 7. The van der Waals surface area contributed by atoms with E-state index in [4.69, 9.17) is 0 Å². The summed E-state index contributed by atoms with van der Waals surface area (Å²) in [7, 11) is 0. The Bertz CT molecular complexity index is 396.